The van der Waals surface area contributed by atoms with Crippen molar-refractivity contribution in [2.75, 3.05) is 6.61 Å². The summed E-state index contributed by atoms with van der Waals surface area (Å²) in [6, 6.07) is 4.91. The number of aliphatic hydroxyl groups is 1. The molecule has 0 aliphatic heterocycles. The van der Waals surface area contributed by atoms with Gasteiger partial charge in [-0.3, -0.25) is 4.79 Å². The topological polar surface area (TPSA) is 69.6 Å². The van der Waals surface area contributed by atoms with Crippen LogP contribution in [0.3, 0.4) is 0 Å². The van der Waals surface area contributed by atoms with Crippen molar-refractivity contribution < 1.29 is 15.0 Å². The summed E-state index contributed by atoms with van der Waals surface area (Å²) in [5.41, 5.74) is 0.968. The molecule has 1 aromatic rings. The quantitative estimate of drug-likeness (QED) is 0.781. The average Bonchev–Trinajstić information content (AvgIpc) is 2.75. The summed E-state index contributed by atoms with van der Waals surface area (Å²) >= 11 is 0. The van der Waals surface area contributed by atoms with E-state index in [2.05, 4.69) is 5.32 Å². The van der Waals surface area contributed by atoms with Crippen LogP contribution < -0.4 is 5.32 Å². The molecule has 4 heteroatoms. The predicted octanol–water partition coefficient (Wildman–Crippen LogP) is 1.98. The Morgan fingerprint density at radius 3 is 2.89 bits per heavy atom. The van der Waals surface area contributed by atoms with Gasteiger partial charge in [-0.1, -0.05) is 19.4 Å². The zero-order valence-electron chi connectivity index (χ0n) is 11.4. The van der Waals surface area contributed by atoms with Gasteiger partial charge in [0, 0.05) is 17.0 Å². The second-order valence-electron chi connectivity index (χ2n) is 5.73. The summed E-state index contributed by atoms with van der Waals surface area (Å²) in [6.45, 7) is 3.87. The first-order valence-corrected chi connectivity index (χ1v) is 6.67. The molecule has 3 N–H and O–H groups in total. The van der Waals surface area contributed by atoms with Gasteiger partial charge in [0.25, 0.3) is 5.91 Å². The standard InChI is InChI=1S/C15H21NO3/c1-10-5-6-11(8-12(10)18)14(19)16-13-4-3-7-15(13,2)9-17/h5-6,8,13,17-18H,3-4,7,9H2,1-2H3,(H,16,19). The molecule has 0 radical (unpaired) electrons. The molecule has 104 valence electrons. The first kappa shape index (κ1) is 13.9. The van der Waals surface area contributed by atoms with Gasteiger partial charge in [-0.25, -0.2) is 0 Å². The highest BCUT2D eigenvalue weighted by Gasteiger charge is 2.39. The highest BCUT2D eigenvalue weighted by Crippen LogP contribution is 2.37. The Balaban J connectivity index is 2.10. The molecule has 1 fully saturated rings. The molecule has 19 heavy (non-hydrogen) atoms. The average molecular weight is 263 g/mol. The predicted molar refractivity (Wildman–Crippen MR) is 73.1 cm³/mol. The fraction of sp³-hybridized carbons (Fsp3) is 0.533. The molecule has 1 saturated carbocycles. The Morgan fingerprint density at radius 2 is 2.26 bits per heavy atom. The molecule has 4 nitrogen and oxygen atoms in total. The number of phenolic OH excluding ortho intramolecular Hbond substituents is 1. The Kier molecular flexibility index (Phi) is 3.80. The number of aromatic hydroxyl groups is 1. The number of nitrogens with one attached hydrogen (secondary N) is 1. The van der Waals surface area contributed by atoms with E-state index in [9.17, 15) is 15.0 Å². The van der Waals surface area contributed by atoms with E-state index in [1.807, 2.05) is 6.92 Å². The molecule has 1 aromatic carbocycles. The van der Waals surface area contributed by atoms with E-state index in [1.54, 1.807) is 19.1 Å². The van der Waals surface area contributed by atoms with E-state index in [0.717, 1.165) is 24.8 Å². The number of amides is 1. The Hall–Kier alpha value is -1.55. The monoisotopic (exact) mass is 263 g/mol. The lowest BCUT2D eigenvalue weighted by Gasteiger charge is -2.30. The second-order valence-corrected chi connectivity index (χ2v) is 5.73. The molecule has 1 aliphatic rings. The second kappa shape index (κ2) is 5.21. The van der Waals surface area contributed by atoms with Gasteiger partial charge in [-0.05, 0) is 37.5 Å². The van der Waals surface area contributed by atoms with E-state index in [0.29, 0.717) is 5.56 Å². The lowest BCUT2D eigenvalue weighted by Crippen LogP contribution is -2.44. The van der Waals surface area contributed by atoms with Crippen LogP contribution in [0.5, 0.6) is 5.75 Å². The summed E-state index contributed by atoms with van der Waals surface area (Å²) in [7, 11) is 0. The van der Waals surface area contributed by atoms with Crippen molar-refractivity contribution in [3.63, 3.8) is 0 Å². The van der Waals surface area contributed by atoms with E-state index in [-0.39, 0.29) is 29.7 Å². The largest absolute Gasteiger partial charge is 0.508 e. The number of aryl methyl sites for hydroxylation is 1. The summed E-state index contributed by atoms with van der Waals surface area (Å²) < 4.78 is 0. The number of phenols is 1. The smallest absolute Gasteiger partial charge is 0.251 e. The number of carbonyl (C=O) groups is 1. The summed E-state index contributed by atoms with van der Waals surface area (Å²) in [5.74, 6) is -0.0640. The van der Waals surface area contributed by atoms with E-state index < -0.39 is 0 Å². The number of carbonyl (C=O) groups excluding carboxylic acids is 1. The van der Waals surface area contributed by atoms with Gasteiger partial charge in [-0.15, -0.1) is 0 Å². The molecule has 0 spiro atoms. The SMILES string of the molecule is Cc1ccc(C(=O)NC2CCCC2(C)CO)cc1O. The van der Waals surface area contributed by atoms with Crippen molar-refractivity contribution in [2.45, 2.75) is 39.2 Å². The van der Waals surface area contributed by atoms with Crippen LogP contribution in [-0.2, 0) is 0 Å². The maximum absolute atomic E-state index is 12.2. The third-order valence-corrected chi connectivity index (χ3v) is 4.22. The fourth-order valence-electron chi connectivity index (χ4n) is 2.66. The Morgan fingerprint density at radius 1 is 1.53 bits per heavy atom. The molecule has 0 heterocycles. The highest BCUT2D eigenvalue weighted by atomic mass is 16.3. The Bertz CT molecular complexity index is 486. The zero-order valence-corrected chi connectivity index (χ0v) is 11.4. The van der Waals surface area contributed by atoms with Crippen molar-refractivity contribution >= 4 is 5.91 Å². The summed E-state index contributed by atoms with van der Waals surface area (Å²) in [4.78, 5) is 12.2. The number of hydrogen-bond donors (Lipinski definition) is 3. The van der Waals surface area contributed by atoms with Crippen molar-refractivity contribution in [3.8, 4) is 5.75 Å². The minimum atomic E-state index is -0.234. The van der Waals surface area contributed by atoms with Crippen LogP contribution in [0.1, 0.15) is 42.1 Å². The van der Waals surface area contributed by atoms with Crippen LogP contribution in [0, 0.1) is 12.3 Å². The minimum Gasteiger partial charge on any atom is -0.508 e. The molecule has 1 amide bonds. The number of rotatable bonds is 3. The first-order chi connectivity index (χ1) is 8.96. The van der Waals surface area contributed by atoms with Crippen LogP contribution in [0.2, 0.25) is 0 Å². The molecular formula is C15H21NO3. The van der Waals surface area contributed by atoms with Crippen LogP contribution in [0.25, 0.3) is 0 Å². The zero-order chi connectivity index (χ0) is 14.0. The summed E-state index contributed by atoms with van der Waals surface area (Å²) in [5, 5.41) is 22.1. The molecule has 2 unspecified atom stereocenters. The molecule has 0 saturated heterocycles. The molecule has 0 bridgehead atoms. The third-order valence-electron chi connectivity index (χ3n) is 4.22. The van der Waals surface area contributed by atoms with E-state index in [1.165, 1.54) is 6.07 Å². The van der Waals surface area contributed by atoms with Crippen LogP contribution in [-0.4, -0.2) is 28.8 Å². The molecule has 2 rings (SSSR count). The van der Waals surface area contributed by atoms with E-state index >= 15 is 0 Å². The molecule has 0 aromatic heterocycles. The van der Waals surface area contributed by atoms with Gasteiger partial charge in [0.15, 0.2) is 0 Å². The number of aliphatic hydroxyl groups excluding tert-OH is 1. The molecule has 1 aliphatic carbocycles. The first-order valence-electron chi connectivity index (χ1n) is 6.67. The minimum absolute atomic E-state index is 0.00607. The van der Waals surface area contributed by atoms with Crippen LogP contribution in [0.15, 0.2) is 18.2 Å². The van der Waals surface area contributed by atoms with Gasteiger partial charge in [-0.2, -0.15) is 0 Å². The van der Waals surface area contributed by atoms with Gasteiger partial charge in [0.2, 0.25) is 0 Å². The van der Waals surface area contributed by atoms with Gasteiger partial charge in [0.05, 0.1) is 6.61 Å². The van der Waals surface area contributed by atoms with Crippen LogP contribution >= 0.6 is 0 Å². The normalized spacial score (nSPS) is 26.4. The maximum atomic E-state index is 12.2. The third kappa shape index (κ3) is 2.73. The summed E-state index contributed by atoms with van der Waals surface area (Å²) in [6.07, 6.45) is 2.83. The van der Waals surface area contributed by atoms with Gasteiger partial charge >= 0.3 is 0 Å². The van der Waals surface area contributed by atoms with Gasteiger partial charge in [0.1, 0.15) is 5.75 Å². The lowest BCUT2D eigenvalue weighted by molar-refractivity contribution is 0.0830. The lowest BCUT2D eigenvalue weighted by atomic mass is 9.85. The highest BCUT2D eigenvalue weighted by molar-refractivity contribution is 5.95. The van der Waals surface area contributed by atoms with Crippen molar-refractivity contribution in [3.05, 3.63) is 29.3 Å². The van der Waals surface area contributed by atoms with Crippen molar-refractivity contribution in [1.82, 2.24) is 5.32 Å². The maximum Gasteiger partial charge on any atom is 0.251 e. The van der Waals surface area contributed by atoms with Gasteiger partial charge < -0.3 is 15.5 Å². The van der Waals surface area contributed by atoms with E-state index in [4.69, 9.17) is 0 Å². The van der Waals surface area contributed by atoms with Crippen molar-refractivity contribution in [2.24, 2.45) is 5.41 Å². The molecule has 2 atom stereocenters. The fourth-order valence-corrected chi connectivity index (χ4v) is 2.66. The number of hydrogen-bond acceptors (Lipinski definition) is 3. The Labute approximate surface area is 113 Å². The number of benzene rings is 1. The van der Waals surface area contributed by atoms with Crippen LogP contribution in [0.4, 0.5) is 0 Å². The molecular weight excluding hydrogens is 242 g/mol. The van der Waals surface area contributed by atoms with Crippen molar-refractivity contribution in [1.29, 1.82) is 0 Å².